The van der Waals surface area contributed by atoms with E-state index >= 15 is 0 Å². The summed E-state index contributed by atoms with van der Waals surface area (Å²) >= 11 is 0. The number of ether oxygens (including phenoxy) is 1. The maximum Gasteiger partial charge on any atom is 0.410 e. The third kappa shape index (κ3) is 3.10. The summed E-state index contributed by atoms with van der Waals surface area (Å²) in [5.74, 6) is 0. The number of carbonyl (C=O) groups is 2. The van der Waals surface area contributed by atoms with E-state index in [-0.39, 0.29) is 12.1 Å². The second-order valence-electron chi connectivity index (χ2n) is 6.86. The molecule has 1 N–H and O–H groups in total. The quantitative estimate of drug-likeness (QED) is 0.897. The first-order valence-corrected chi connectivity index (χ1v) is 8.65. The van der Waals surface area contributed by atoms with Crippen LogP contribution in [0.15, 0.2) is 42.7 Å². The van der Waals surface area contributed by atoms with Gasteiger partial charge < -0.3 is 19.9 Å². The van der Waals surface area contributed by atoms with E-state index in [2.05, 4.69) is 10.4 Å². The van der Waals surface area contributed by atoms with Gasteiger partial charge in [0.05, 0.1) is 18.8 Å². The number of amides is 3. The SMILES string of the molecule is CN1C[C@@]2(CCCN(C(=O)Nc3cccc(-n4cccn4)c3)C2)OC1=O. The van der Waals surface area contributed by atoms with Crippen LogP contribution in [0.1, 0.15) is 12.8 Å². The number of nitrogens with zero attached hydrogens (tertiary/aromatic N) is 4. The van der Waals surface area contributed by atoms with E-state index in [1.807, 2.05) is 36.5 Å². The molecule has 0 aliphatic carbocycles. The number of benzene rings is 1. The second kappa shape index (κ2) is 6.36. The molecule has 0 saturated carbocycles. The Morgan fingerprint density at radius 1 is 1.31 bits per heavy atom. The topological polar surface area (TPSA) is 79.7 Å². The van der Waals surface area contributed by atoms with Gasteiger partial charge in [-0.05, 0) is 37.1 Å². The van der Waals surface area contributed by atoms with E-state index in [0.717, 1.165) is 18.5 Å². The summed E-state index contributed by atoms with van der Waals surface area (Å²) in [5.41, 5.74) is 0.982. The average Bonchev–Trinajstić information content (AvgIpc) is 3.24. The fraction of sp³-hybridized carbons (Fsp3) is 0.389. The molecule has 2 fully saturated rings. The molecule has 0 radical (unpaired) electrons. The van der Waals surface area contributed by atoms with Crippen molar-refractivity contribution in [3.63, 3.8) is 0 Å². The van der Waals surface area contributed by atoms with Gasteiger partial charge in [-0.15, -0.1) is 0 Å². The minimum absolute atomic E-state index is 0.188. The molecule has 1 spiro atoms. The van der Waals surface area contributed by atoms with Crippen molar-refractivity contribution in [2.24, 2.45) is 0 Å². The smallest absolute Gasteiger partial charge is 0.410 e. The molecule has 0 unspecified atom stereocenters. The summed E-state index contributed by atoms with van der Waals surface area (Å²) in [6.45, 7) is 1.58. The number of urea groups is 1. The Kier molecular flexibility index (Phi) is 4.02. The molecule has 0 bridgehead atoms. The highest BCUT2D eigenvalue weighted by Crippen LogP contribution is 2.31. The van der Waals surface area contributed by atoms with Crippen LogP contribution in [0.2, 0.25) is 0 Å². The predicted molar refractivity (Wildman–Crippen MR) is 95.2 cm³/mol. The second-order valence-corrected chi connectivity index (χ2v) is 6.86. The summed E-state index contributed by atoms with van der Waals surface area (Å²) in [7, 11) is 1.72. The third-order valence-electron chi connectivity index (χ3n) is 4.83. The lowest BCUT2D eigenvalue weighted by Gasteiger charge is -2.38. The zero-order valence-electron chi connectivity index (χ0n) is 14.6. The fourth-order valence-electron chi connectivity index (χ4n) is 3.63. The Morgan fingerprint density at radius 2 is 2.19 bits per heavy atom. The molecule has 2 saturated heterocycles. The summed E-state index contributed by atoms with van der Waals surface area (Å²) in [6, 6.07) is 9.16. The Hall–Kier alpha value is -3.03. The lowest BCUT2D eigenvalue weighted by atomic mass is 9.93. The molecule has 2 aliphatic rings. The minimum atomic E-state index is -0.585. The lowest BCUT2D eigenvalue weighted by Crippen LogP contribution is -2.53. The third-order valence-corrected chi connectivity index (χ3v) is 4.83. The van der Waals surface area contributed by atoms with Crippen LogP contribution in [0, 0.1) is 0 Å². The molecule has 26 heavy (non-hydrogen) atoms. The number of carbonyl (C=O) groups excluding carboxylic acids is 2. The summed E-state index contributed by atoms with van der Waals surface area (Å²) in [5, 5.41) is 7.13. The normalized spacial score (nSPS) is 22.6. The van der Waals surface area contributed by atoms with E-state index in [1.165, 1.54) is 0 Å². The molecule has 3 heterocycles. The zero-order valence-corrected chi connectivity index (χ0v) is 14.6. The summed E-state index contributed by atoms with van der Waals surface area (Å²) in [6.07, 6.45) is 4.82. The van der Waals surface area contributed by atoms with E-state index in [0.29, 0.717) is 25.3 Å². The lowest BCUT2D eigenvalue weighted by molar-refractivity contribution is 0.00497. The molecule has 1 aromatic heterocycles. The Bertz CT molecular complexity index is 822. The number of aromatic nitrogens is 2. The van der Waals surface area contributed by atoms with Crippen LogP contribution in [-0.2, 0) is 4.74 Å². The van der Waals surface area contributed by atoms with Crippen molar-refractivity contribution in [3.05, 3.63) is 42.7 Å². The van der Waals surface area contributed by atoms with Crippen molar-refractivity contribution in [1.82, 2.24) is 19.6 Å². The molecular weight excluding hydrogens is 334 g/mol. The largest absolute Gasteiger partial charge is 0.439 e. The standard InChI is InChI=1S/C18H21N5O3/c1-21-12-18(26-17(21)25)7-3-9-22(13-18)16(24)20-14-5-2-6-15(11-14)23-10-4-8-19-23/h2,4-6,8,10-11H,3,7,9,12-13H2,1H3,(H,20,24)/t18-/m1/s1. The Labute approximate surface area is 151 Å². The number of likely N-dealkylation sites (N-methyl/N-ethyl adjacent to an activating group) is 1. The minimum Gasteiger partial charge on any atom is -0.439 e. The Balaban J connectivity index is 1.45. The van der Waals surface area contributed by atoms with E-state index in [1.54, 1.807) is 27.7 Å². The maximum absolute atomic E-state index is 12.7. The van der Waals surface area contributed by atoms with E-state index in [9.17, 15) is 9.59 Å². The van der Waals surface area contributed by atoms with Crippen molar-refractivity contribution in [2.75, 3.05) is 32.0 Å². The monoisotopic (exact) mass is 355 g/mol. The van der Waals surface area contributed by atoms with Gasteiger partial charge in [0.2, 0.25) is 0 Å². The van der Waals surface area contributed by atoms with E-state index < -0.39 is 5.60 Å². The van der Waals surface area contributed by atoms with Crippen LogP contribution < -0.4 is 5.32 Å². The molecule has 2 aromatic rings. The van der Waals surface area contributed by atoms with Gasteiger partial charge in [-0.25, -0.2) is 14.3 Å². The summed E-state index contributed by atoms with van der Waals surface area (Å²) in [4.78, 5) is 27.7. The number of nitrogens with one attached hydrogen (secondary N) is 1. The van der Waals surface area contributed by atoms with Crippen molar-refractivity contribution >= 4 is 17.8 Å². The van der Waals surface area contributed by atoms with Gasteiger partial charge in [-0.2, -0.15) is 5.10 Å². The van der Waals surface area contributed by atoms with E-state index in [4.69, 9.17) is 4.74 Å². The van der Waals surface area contributed by atoms with Gasteiger partial charge in [0.1, 0.15) is 5.60 Å². The molecule has 8 heteroatoms. The molecular formula is C18H21N5O3. The number of hydrogen-bond acceptors (Lipinski definition) is 4. The number of piperidine rings is 1. The van der Waals surface area contributed by atoms with Crippen LogP contribution in [0.25, 0.3) is 5.69 Å². The molecule has 4 rings (SSSR count). The van der Waals surface area contributed by atoms with Crippen molar-refractivity contribution in [3.8, 4) is 5.69 Å². The first-order chi connectivity index (χ1) is 12.5. The molecule has 2 aliphatic heterocycles. The number of hydrogen-bond donors (Lipinski definition) is 1. The van der Waals surface area contributed by atoms with Gasteiger partial charge in [-0.1, -0.05) is 6.07 Å². The van der Waals surface area contributed by atoms with Gasteiger partial charge in [0.15, 0.2) is 0 Å². The highest BCUT2D eigenvalue weighted by molar-refractivity contribution is 5.89. The number of likely N-dealkylation sites (tertiary alicyclic amines) is 1. The van der Waals surface area contributed by atoms with Gasteiger partial charge in [-0.3, -0.25) is 0 Å². The molecule has 136 valence electrons. The van der Waals surface area contributed by atoms with Crippen LogP contribution in [0.5, 0.6) is 0 Å². The van der Waals surface area contributed by atoms with Crippen molar-refractivity contribution < 1.29 is 14.3 Å². The zero-order chi connectivity index (χ0) is 18.1. The van der Waals surface area contributed by atoms with Crippen molar-refractivity contribution in [2.45, 2.75) is 18.4 Å². The van der Waals surface area contributed by atoms with Gasteiger partial charge in [0, 0.05) is 31.7 Å². The van der Waals surface area contributed by atoms with Gasteiger partial charge in [0.25, 0.3) is 0 Å². The van der Waals surface area contributed by atoms with Crippen LogP contribution in [0.4, 0.5) is 15.3 Å². The first kappa shape index (κ1) is 16.4. The Morgan fingerprint density at radius 3 is 2.92 bits per heavy atom. The molecule has 3 amide bonds. The number of rotatable bonds is 2. The highest BCUT2D eigenvalue weighted by Gasteiger charge is 2.47. The molecule has 1 aromatic carbocycles. The summed E-state index contributed by atoms with van der Waals surface area (Å²) < 4.78 is 7.29. The number of anilines is 1. The van der Waals surface area contributed by atoms with Crippen LogP contribution in [0.3, 0.4) is 0 Å². The van der Waals surface area contributed by atoms with Crippen LogP contribution in [-0.4, -0.2) is 64.0 Å². The highest BCUT2D eigenvalue weighted by atomic mass is 16.6. The van der Waals surface area contributed by atoms with Crippen molar-refractivity contribution in [1.29, 1.82) is 0 Å². The van der Waals surface area contributed by atoms with Crippen LogP contribution >= 0.6 is 0 Å². The predicted octanol–water partition coefficient (Wildman–Crippen LogP) is 2.32. The first-order valence-electron chi connectivity index (χ1n) is 8.65. The molecule has 8 nitrogen and oxygen atoms in total. The average molecular weight is 355 g/mol. The van der Waals surface area contributed by atoms with Gasteiger partial charge >= 0.3 is 12.1 Å². The molecule has 1 atom stereocenters. The maximum atomic E-state index is 12.7. The fourth-order valence-corrected chi connectivity index (χ4v) is 3.63.